The largest absolute Gasteiger partial charge is 0.458 e. The van der Waals surface area contributed by atoms with E-state index in [-0.39, 0.29) is 29.5 Å². The Labute approximate surface area is 179 Å². The molecule has 30 heavy (non-hydrogen) atoms. The topological polar surface area (TPSA) is 69.7 Å². The quantitative estimate of drug-likeness (QED) is 0.498. The third-order valence-corrected chi connectivity index (χ3v) is 7.71. The number of allylic oxidation sites excluding steroid dienone is 4. The first kappa shape index (κ1) is 22.5. The maximum absolute atomic E-state index is 13.1. The molecule has 0 amide bonds. The molecule has 0 spiro atoms. The van der Waals surface area contributed by atoms with Gasteiger partial charge in [0.25, 0.3) is 0 Å². The normalized spacial score (nSPS) is 36.7. The van der Waals surface area contributed by atoms with Crippen molar-refractivity contribution in [3.8, 4) is 0 Å². The molecule has 3 aliphatic carbocycles. The van der Waals surface area contributed by atoms with E-state index >= 15 is 0 Å². The molecule has 0 N–H and O–H groups in total. The Balaban J connectivity index is 2.05. The Hall–Kier alpha value is -2.17. The Morgan fingerprint density at radius 3 is 2.23 bits per heavy atom. The smallest absolute Gasteiger partial charge is 0.333 e. The van der Waals surface area contributed by atoms with Crippen LogP contribution in [0.15, 0.2) is 34.9 Å². The Bertz CT molecular complexity index is 870. The molecule has 5 heteroatoms. The second kappa shape index (κ2) is 7.51. The van der Waals surface area contributed by atoms with Crippen LogP contribution in [0, 0.1) is 28.6 Å². The highest BCUT2D eigenvalue weighted by Crippen LogP contribution is 2.72. The average molecular weight is 415 g/mol. The van der Waals surface area contributed by atoms with Gasteiger partial charge in [0, 0.05) is 34.8 Å². The molecule has 4 bridgehead atoms. The van der Waals surface area contributed by atoms with Crippen LogP contribution in [0.1, 0.15) is 61.8 Å². The van der Waals surface area contributed by atoms with Gasteiger partial charge in [-0.25, -0.2) is 9.59 Å². The van der Waals surface area contributed by atoms with Gasteiger partial charge < -0.3 is 9.47 Å². The molecular formula is C25H34O5. The van der Waals surface area contributed by atoms with Gasteiger partial charge in [-0.2, -0.15) is 0 Å². The van der Waals surface area contributed by atoms with Crippen LogP contribution in [-0.2, 0) is 23.9 Å². The Morgan fingerprint density at radius 1 is 1.07 bits per heavy atom. The van der Waals surface area contributed by atoms with E-state index in [4.69, 9.17) is 9.47 Å². The van der Waals surface area contributed by atoms with Gasteiger partial charge in [-0.1, -0.05) is 38.0 Å². The molecule has 6 atom stereocenters. The molecule has 0 aliphatic heterocycles. The van der Waals surface area contributed by atoms with Crippen LogP contribution < -0.4 is 0 Å². The maximum Gasteiger partial charge on any atom is 0.333 e. The van der Waals surface area contributed by atoms with Crippen molar-refractivity contribution < 1.29 is 23.9 Å². The Morgan fingerprint density at radius 2 is 1.70 bits per heavy atom. The van der Waals surface area contributed by atoms with Gasteiger partial charge in [-0.05, 0) is 52.5 Å². The lowest BCUT2D eigenvalue weighted by molar-refractivity contribution is -0.202. The van der Waals surface area contributed by atoms with E-state index in [0.717, 1.165) is 11.1 Å². The number of rotatable bonds is 4. The lowest BCUT2D eigenvalue weighted by atomic mass is 9.37. The average Bonchev–Trinajstić information content (AvgIpc) is 2.72. The van der Waals surface area contributed by atoms with Gasteiger partial charge in [-0.3, -0.25) is 4.79 Å². The minimum atomic E-state index is -0.509. The van der Waals surface area contributed by atoms with Crippen molar-refractivity contribution in [2.45, 2.75) is 74.0 Å². The summed E-state index contributed by atoms with van der Waals surface area (Å²) in [5, 5.41) is 0. The predicted molar refractivity (Wildman–Crippen MR) is 114 cm³/mol. The first-order chi connectivity index (χ1) is 13.8. The third-order valence-electron chi connectivity index (χ3n) is 7.71. The fourth-order valence-electron chi connectivity index (χ4n) is 6.05. The molecule has 2 saturated carbocycles. The standard InChI is InChI=1S/C25H34O5/c1-9-14(4)23(28)30-18-12-17(29-19(27)10-13(2)3)24(6,7)22-20-15(5)11-16(26)21(22)25(18,20)8/h9-11,17-18,20-22H,12H2,1-8H3/b14-9+/t17-,18-,20+,21-,22+,25-/m1/s1. The number of ether oxygens (including phenoxy) is 2. The summed E-state index contributed by atoms with van der Waals surface area (Å²) in [6.45, 7) is 15.4. The molecule has 0 saturated heterocycles. The number of esters is 2. The van der Waals surface area contributed by atoms with Crippen LogP contribution in [0.25, 0.3) is 0 Å². The zero-order chi connectivity index (χ0) is 22.6. The number of carbonyl (C=O) groups is 3. The molecule has 0 aromatic carbocycles. The fourth-order valence-corrected chi connectivity index (χ4v) is 6.05. The summed E-state index contributed by atoms with van der Waals surface area (Å²) in [5.74, 6) is -0.751. The summed E-state index contributed by atoms with van der Waals surface area (Å²) in [4.78, 5) is 38.2. The molecule has 0 aromatic heterocycles. The molecule has 0 heterocycles. The molecule has 0 unspecified atom stereocenters. The third kappa shape index (κ3) is 3.27. The van der Waals surface area contributed by atoms with Crippen molar-refractivity contribution in [1.29, 1.82) is 0 Å². The number of hydrogen-bond donors (Lipinski definition) is 0. The minimum Gasteiger partial charge on any atom is -0.458 e. The lowest BCUT2D eigenvalue weighted by Crippen LogP contribution is -2.67. The highest BCUT2D eigenvalue weighted by atomic mass is 16.6. The van der Waals surface area contributed by atoms with Gasteiger partial charge in [0.1, 0.15) is 12.2 Å². The van der Waals surface area contributed by atoms with Crippen LogP contribution in [0.3, 0.4) is 0 Å². The van der Waals surface area contributed by atoms with Crippen LogP contribution in [0.4, 0.5) is 0 Å². The van der Waals surface area contributed by atoms with E-state index in [0.29, 0.717) is 12.0 Å². The predicted octanol–water partition coefficient (Wildman–Crippen LogP) is 4.57. The number of ketones is 1. The molecule has 3 rings (SSSR count). The monoisotopic (exact) mass is 414 g/mol. The second-order valence-electron chi connectivity index (χ2n) is 10.2. The van der Waals surface area contributed by atoms with Gasteiger partial charge in [0.2, 0.25) is 0 Å². The summed E-state index contributed by atoms with van der Waals surface area (Å²) in [6.07, 6.45) is 4.37. The molecule has 2 fully saturated rings. The van der Waals surface area contributed by atoms with Crippen molar-refractivity contribution in [1.82, 2.24) is 0 Å². The van der Waals surface area contributed by atoms with E-state index < -0.39 is 29.0 Å². The Kier molecular flexibility index (Phi) is 5.63. The first-order valence-corrected chi connectivity index (χ1v) is 10.8. The van der Waals surface area contributed by atoms with Crippen molar-refractivity contribution in [2.24, 2.45) is 28.6 Å². The van der Waals surface area contributed by atoms with Crippen LogP contribution in [0.5, 0.6) is 0 Å². The van der Waals surface area contributed by atoms with Crippen molar-refractivity contribution in [3.05, 3.63) is 34.9 Å². The van der Waals surface area contributed by atoms with E-state index in [1.807, 2.05) is 20.8 Å². The van der Waals surface area contributed by atoms with Gasteiger partial charge in [0.05, 0.1) is 0 Å². The molecular weight excluding hydrogens is 380 g/mol. The summed E-state index contributed by atoms with van der Waals surface area (Å²) >= 11 is 0. The van der Waals surface area contributed by atoms with E-state index in [2.05, 4.69) is 20.8 Å². The number of fused-ring (bicyclic) bond motifs is 1. The van der Waals surface area contributed by atoms with Crippen LogP contribution in [0.2, 0.25) is 0 Å². The highest BCUT2D eigenvalue weighted by Gasteiger charge is 2.74. The van der Waals surface area contributed by atoms with Crippen molar-refractivity contribution in [2.75, 3.05) is 0 Å². The van der Waals surface area contributed by atoms with E-state index in [9.17, 15) is 14.4 Å². The van der Waals surface area contributed by atoms with Gasteiger partial charge in [0.15, 0.2) is 5.78 Å². The molecule has 0 radical (unpaired) electrons. The van der Waals surface area contributed by atoms with Crippen molar-refractivity contribution in [3.63, 3.8) is 0 Å². The van der Waals surface area contributed by atoms with Gasteiger partial charge in [-0.15, -0.1) is 0 Å². The SMILES string of the molecule is C/C=C(\C)C(=O)O[C@@H]1C[C@@H](OC(=O)C=C(C)C)C(C)(C)[C@@H]2[C@H]3C(=O)C=C(C)[C@@H]2[C@]31C. The minimum absolute atomic E-state index is 0.0519. The molecule has 0 aromatic rings. The number of carbonyl (C=O) groups excluding carboxylic acids is 3. The van der Waals surface area contributed by atoms with Crippen LogP contribution >= 0.6 is 0 Å². The van der Waals surface area contributed by atoms with E-state index in [1.165, 1.54) is 6.08 Å². The zero-order valence-corrected chi connectivity index (χ0v) is 19.4. The molecule has 3 aliphatic rings. The summed E-state index contributed by atoms with van der Waals surface area (Å²) in [7, 11) is 0. The summed E-state index contributed by atoms with van der Waals surface area (Å²) in [6, 6.07) is 0. The fraction of sp³-hybridized carbons (Fsp3) is 0.640. The summed E-state index contributed by atoms with van der Waals surface area (Å²) in [5.41, 5.74) is 1.50. The maximum atomic E-state index is 13.1. The highest BCUT2D eigenvalue weighted by molar-refractivity contribution is 5.97. The molecule has 5 nitrogen and oxygen atoms in total. The zero-order valence-electron chi connectivity index (χ0n) is 19.4. The summed E-state index contributed by atoms with van der Waals surface area (Å²) < 4.78 is 11.9. The van der Waals surface area contributed by atoms with Gasteiger partial charge >= 0.3 is 11.9 Å². The molecule has 164 valence electrons. The van der Waals surface area contributed by atoms with Crippen LogP contribution in [-0.4, -0.2) is 29.9 Å². The first-order valence-electron chi connectivity index (χ1n) is 10.8. The number of hydrogen-bond acceptors (Lipinski definition) is 5. The van der Waals surface area contributed by atoms with E-state index in [1.54, 1.807) is 26.0 Å². The van der Waals surface area contributed by atoms with Crippen molar-refractivity contribution >= 4 is 17.7 Å². The lowest BCUT2D eigenvalue weighted by Gasteiger charge is -2.65. The second-order valence-corrected chi connectivity index (χ2v) is 10.2.